The van der Waals surface area contributed by atoms with Crippen LogP contribution >= 0.6 is 34.7 Å². The van der Waals surface area contributed by atoms with Gasteiger partial charge in [0, 0.05) is 24.0 Å². The minimum Gasteiger partial charge on any atom is -0.353 e. The first-order chi connectivity index (χ1) is 9.10. The summed E-state index contributed by atoms with van der Waals surface area (Å²) in [5, 5.41) is 9.94. The quantitative estimate of drug-likeness (QED) is 0.919. The van der Waals surface area contributed by atoms with Gasteiger partial charge in [-0.2, -0.15) is 0 Å². The first-order valence-corrected chi connectivity index (χ1v) is 7.78. The third-order valence-corrected chi connectivity index (χ3v) is 4.91. The smallest absolute Gasteiger partial charge is 0.208 e. The maximum atomic E-state index is 6.02. The zero-order valence-corrected chi connectivity index (χ0v) is 13.1. The summed E-state index contributed by atoms with van der Waals surface area (Å²) in [6, 6.07) is 5.86. The first-order valence-electron chi connectivity index (χ1n) is 5.77. The molecule has 0 saturated carbocycles. The van der Waals surface area contributed by atoms with Crippen LogP contribution in [0.1, 0.15) is 5.56 Å². The molecule has 2 aromatic rings. The Morgan fingerprint density at radius 1 is 1.37 bits per heavy atom. The average Bonchev–Trinajstić information content (AvgIpc) is 2.82. The molecule has 102 valence electrons. The molecule has 1 heterocycles. The molecule has 19 heavy (non-hydrogen) atoms. The molecule has 2 N–H and O–H groups in total. The molecular weight excluding hydrogens is 300 g/mol. The van der Waals surface area contributed by atoms with Gasteiger partial charge in [-0.15, -0.1) is 10.2 Å². The van der Waals surface area contributed by atoms with E-state index in [0.717, 1.165) is 31.4 Å². The van der Waals surface area contributed by atoms with Gasteiger partial charge in [-0.3, -0.25) is 0 Å². The maximum absolute atomic E-state index is 6.02. The molecule has 0 fully saturated rings. The lowest BCUT2D eigenvalue weighted by atomic mass is 10.1. The van der Waals surface area contributed by atoms with Gasteiger partial charge in [-0.05, 0) is 36.7 Å². The molecule has 1 aromatic carbocycles. The van der Waals surface area contributed by atoms with Gasteiger partial charge in [-0.25, -0.2) is 0 Å². The standard InChI is InChI=1S/C12H15ClN4S2/c1-17(2)11-15-16-12(19-11)18-10-4-3-9(13)7-8(10)5-6-14/h3-4,7H,5-6,14H2,1-2H3. The zero-order valence-electron chi connectivity index (χ0n) is 10.8. The van der Waals surface area contributed by atoms with Crippen molar-refractivity contribution >= 4 is 39.8 Å². The number of aromatic nitrogens is 2. The molecule has 0 atom stereocenters. The van der Waals surface area contributed by atoms with E-state index in [2.05, 4.69) is 10.2 Å². The molecular formula is C12H15ClN4S2. The summed E-state index contributed by atoms with van der Waals surface area (Å²) < 4.78 is 0.921. The van der Waals surface area contributed by atoms with Crippen LogP contribution in [0.4, 0.5) is 5.13 Å². The van der Waals surface area contributed by atoms with Crippen molar-refractivity contribution in [3.63, 3.8) is 0 Å². The number of hydrogen-bond acceptors (Lipinski definition) is 6. The Hall–Kier alpha value is -0.820. The molecule has 0 radical (unpaired) electrons. The van der Waals surface area contributed by atoms with Crippen LogP contribution in [-0.4, -0.2) is 30.8 Å². The van der Waals surface area contributed by atoms with Gasteiger partial charge in [0.15, 0.2) is 4.34 Å². The highest BCUT2D eigenvalue weighted by Gasteiger charge is 2.10. The second-order valence-electron chi connectivity index (χ2n) is 4.14. The predicted molar refractivity (Wildman–Crippen MR) is 82.6 cm³/mol. The number of benzene rings is 1. The Labute approximate surface area is 126 Å². The minimum absolute atomic E-state index is 0.604. The number of nitrogens with two attached hydrogens (primary N) is 1. The SMILES string of the molecule is CN(C)c1nnc(Sc2ccc(Cl)cc2CCN)s1. The van der Waals surface area contributed by atoms with E-state index in [4.69, 9.17) is 17.3 Å². The lowest BCUT2D eigenvalue weighted by Gasteiger charge is -2.07. The number of hydrogen-bond donors (Lipinski definition) is 1. The Bertz CT molecular complexity index is 556. The van der Waals surface area contributed by atoms with Gasteiger partial charge in [0.1, 0.15) is 0 Å². The number of halogens is 1. The molecule has 0 spiro atoms. The monoisotopic (exact) mass is 314 g/mol. The first kappa shape index (κ1) is 14.6. The van der Waals surface area contributed by atoms with Crippen LogP contribution in [0.25, 0.3) is 0 Å². The summed E-state index contributed by atoms with van der Waals surface area (Å²) in [6.07, 6.45) is 0.808. The van der Waals surface area contributed by atoms with E-state index in [-0.39, 0.29) is 0 Å². The van der Waals surface area contributed by atoms with Crippen molar-refractivity contribution in [2.45, 2.75) is 15.7 Å². The highest BCUT2D eigenvalue weighted by Crippen LogP contribution is 2.35. The number of anilines is 1. The summed E-state index contributed by atoms with van der Waals surface area (Å²) >= 11 is 9.19. The van der Waals surface area contributed by atoms with Crippen LogP contribution in [0.5, 0.6) is 0 Å². The maximum Gasteiger partial charge on any atom is 0.208 e. The van der Waals surface area contributed by atoms with E-state index in [1.807, 2.05) is 37.2 Å². The second kappa shape index (κ2) is 6.56. The fourth-order valence-corrected chi connectivity index (χ4v) is 3.57. The lowest BCUT2D eigenvalue weighted by molar-refractivity contribution is 0.941. The molecule has 0 unspecified atom stereocenters. The third-order valence-electron chi connectivity index (χ3n) is 2.41. The van der Waals surface area contributed by atoms with Crippen molar-refractivity contribution in [3.05, 3.63) is 28.8 Å². The summed E-state index contributed by atoms with van der Waals surface area (Å²) in [7, 11) is 3.91. The largest absolute Gasteiger partial charge is 0.353 e. The second-order valence-corrected chi connectivity index (χ2v) is 6.82. The highest BCUT2D eigenvalue weighted by atomic mass is 35.5. The molecule has 2 rings (SSSR count). The van der Waals surface area contributed by atoms with Gasteiger partial charge in [0.25, 0.3) is 0 Å². The van der Waals surface area contributed by atoms with Gasteiger partial charge < -0.3 is 10.6 Å². The van der Waals surface area contributed by atoms with Gasteiger partial charge >= 0.3 is 0 Å². The van der Waals surface area contributed by atoms with Crippen molar-refractivity contribution < 1.29 is 0 Å². The minimum atomic E-state index is 0.604. The Balaban J connectivity index is 2.21. The van der Waals surface area contributed by atoms with Gasteiger partial charge in [0.2, 0.25) is 5.13 Å². The molecule has 0 aliphatic rings. The Morgan fingerprint density at radius 3 is 2.79 bits per heavy atom. The van der Waals surface area contributed by atoms with Crippen LogP contribution in [0.15, 0.2) is 27.4 Å². The number of nitrogens with zero attached hydrogens (tertiary/aromatic N) is 3. The molecule has 0 amide bonds. The summed E-state index contributed by atoms with van der Waals surface area (Å²) in [5.74, 6) is 0. The summed E-state index contributed by atoms with van der Waals surface area (Å²) in [6.45, 7) is 0.604. The van der Waals surface area contributed by atoms with Crippen LogP contribution < -0.4 is 10.6 Å². The molecule has 0 bridgehead atoms. The van der Waals surface area contributed by atoms with Crippen LogP contribution in [0.3, 0.4) is 0 Å². The van der Waals surface area contributed by atoms with E-state index >= 15 is 0 Å². The summed E-state index contributed by atoms with van der Waals surface area (Å²) in [4.78, 5) is 3.08. The van der Waals surface area contributed by atoms with Crippen molar-refractivity contribution in [2.75, 3.05) is 25.5 Å². The fraction of sp³-hybridized carbons (Fsp3) is 0.333. The molecule has 0 aliphatic heterocycles. The lowest BCUT2D eigenvalue weighted by Crippen LogP contribution is -2.07. The average molecular weight is 315 g/mol. The highest BCUT2D eigenvalue weighted by molar-refractivity contribution is 8.01. The van der Waals surface area contributed by atoms with Gasteiger partial charge in [0.05, 0.1) is 0 Å². The van der Waals surface area contributed by atoms with Crippen molar-refractivity contribution in [3.8, 4) is 0 Å². The van der Waals surface area contributed by atoms with Crippen molar-refractivity contribution in [1.29, 1.82) is 0 Å². The summed E-state index contributed by atoms with van der Waals surface area (Å²) in [5.41, 5.74) is 6.79. The number of rotatable bonds is 5. The molecule has 4 nitrogen and oxygen atoms in total. The van der Waals surface area contributed by atoms with E-state index in [1.165, 1.54) is 0 Å². The molecule has 0 aliphatic carbocycles. The van der Waals surface area contributed by atoms with Crippen LogP contribution in [0, 0.1) is 0 Å². The van der Waals surface area contributed by atoms with Crippen molar-refractivity contribution in [1.82, 2.24) is 10.2 Å². The topological polar surface area (TPSA) is 55.0 Å². The van der Waals surface area contributed by atoms with E-state index in [1.54, 1.807) is 23.1 Å². The molecule has 0 saturated heterocycles. The third kappa shape index (κ3) is 3.82. The van der Waals surface area contributed by atoms with Crippen LogP contribution in [-0.2, 0) is 6.42 Å². The van der Waals surface area contributed by atoms with Gasteiger partial charge in [-0.1, -0.05) is 34.7 Å². The van der Waals surface area contributed by atoms with E-state index in [0.29, 0.717) is 6.54 Å². The Morgan fingerprint density at radius 2 is 2.16 bits per heavy atom. The van der Waals surface area contributed by atoms with Crippen LogP contribution in [0.2, 0.25) is 5.02 Å². The van der Waals surface area contributed by atoms with E-state index in [9.17, 15) is 0 Å². The predicted octanol–water partition coefficient (Wildman–Crippen LogP) is 2.91. The normalized spacial score (nSPS) is 10.7. The molecule has 1 aromatic heterocycles. The Kier molecular flexibility index (Phi) is 5.04. The van der Waals surface area contributed by atoms with E-state index < -0.39 is 0 Å². The fourth-order valence-electron chi connectivity index (χ4n) is 1.52. The van der Waals surface area contributed by atoms with Crippen molar-refractivity contribution in [2.24, 2.45) is 5.73 Å². The zero-order chi connectivity index (χ0) is 13.8. The molecule has 7 heteroatoms.